The van der Waals surface area contributed by atoms with E-state index < -0.39 is 0 Å². The fourth-order valence-electron chi connectivity index (χ4n) is 3.78. The van der Waals surface area contributed by atoms with Gasteiger partial charge in [0.05, 0.1) is 6.20 Å². The maximum Gasteiger partial charge on any atom is 0.181 e. The van der Waals surface area contributed by atoms with E-state index in [9.17, 15) is 0 Å². The summed E-state index contributed by atoms with van der Waals surface area (Å²) in [5.74, 6) is 2.14. The molecule has 3 aromatic heterocycles. The highest BCUT2D eigenvalue weighted by Crippen LogP contribution is 2.26. The van der Waals surface area contributed by atoms with Crippen LogP contribution in [0.3, 0.4) is 0 Å². The highest BCUT2D eigenvalue weighted by molar-refractivity contribution is 5.53. The Kier molecular flexibility index (Phi) is 4.14. The number of H-pyrrole nitrogens is 1. The lowest BCUT2D eigenvalue weighted by Crippen LogP contribution is -2.34. The van der Waals surface area contributed by atoms with Gasteiger partial charge in [-0.05, 0) is 19.4 Å². The first-order valence-corrected chi connectivity index (χ1v) is 9.33. The van der Waals surface area contributed by atoms with E-state index in [1.165, 1.54) is 5.56 Å². The van der Waals surface area contributed by atoms with Gasteiger partial charge in [0.15, 0.2) is 11.5 Å². The summed E-state index contributed by atoms with van der Waals surface area (Å²) in [7, 11) is 0. The van der Waals surface area contributed by atoms with Gasteiger partial charge in [0.1, 0.15) is 5.82 Å². The van der Waals surface area contributed by atoms with Crippen molar-refractivity contribution >= 4 is 5.65 Å². The average Bonchev–Trinajstić information content (AvgIpc) is 3.38. The number of nitrogens with one attached hydrogen (secondary N) is 1. The van der Waals surface area contributed by atoms with Gasteiger partial charge in [-0.15, -0.1) is 0 Å². The molecule has 0 saturated carbocycles. The van der Waals surface area contributed by atoms with Gasteiger partial charge in [-0.25, -0.2) is 14.5 Å². The van der Waals surface area contributed by atoms with Gasteiger partial charge >= 0.3 is 0 Å². The largest absolute Gasteiger partial charge is 0.298 e. The highest BCUT2D eigenvalue weighted by Gasteiger charge is 2.24. The Morgan fingerprint density at radius 3 is 3.00 bits per heavy atom. The van der Waals surface area contributed by atoms with Crippen LogP contribution in [0, 0.1) is 0 Å². The van der Waals surface area contributed by atoms with E-state index in [0.717, 1.165) is 55.3 Å². The zero-order valence-corrected chi connectivity index (χ0v) is 15.0. The third-order valence-corrected chi connectivity index (χ3v) is 5.13. The number of rotatable bonds is 4. The van der Waals surface area contributed by atoms with Crippen molar-refractivity contribution in [3.63, 3.8) is 0 Å². The lowest BCUT2D eigenvalue weighted by Gasteiger charge is -2.31. The molecule has 0 bridgehead atoms. The first kappa shape index (κ1) is 16.1. The van der Waals surface area contributed by atoms with Gasteiger partial charge in [-0.2, -0.15) is 10.2 Å². The molecule has 0 radical (unpaired) electrons. The Hall–Kier alpha value is -3.06. The monoisotopic (exact) mass is 359 g/mol. The summed E-state index contributed by atoms with van der Waals surface area (Å²) in [6.07, 6.45) is 8.08. The maximum atomic E-state index is 4.76. The quantitative estimate of drug-likeness (QED) is 0.606. The number of fused-ring (bicyclic) bond motifs is 1. The predicted molar refractivity (Wildman–Crippen MR) is 102 cm³/mol. The molecule has 1 atom stereocenters. The molecule has 1 aromatic carbocycles. The minimum Gasteiger partial charge on any atom is -0.298 e. The van der Waals surface area contributed by atoms with Crippen molar-refractivity contribution in [2.24, 2.45) is 0 Å². The summed E-state index contributed by atoms with van der Waals surface area (Å²) in [6, 6.07) is 12.0. The number of hydrogen-bond acceptors (Lipinski definition) is 5. The summed E-state index contributed by atoms with van der Waals surface area (Å²) in [5.41, 5.74) is 3.10. The van der Waals surface area contributed by atoms with Crippen molar-refractivity contribution < 1.29 is 0 Å². The molecule has 1 unspecified atom stereocenters. The third-order valence-electron chi connectivity index (χ3n) is 5.13. The van der Waals surface area contributed by atoms with Crippen molar-refractivity contribution in [1.29, 1.82) is 0 Å². The van der Waals surface area contributed by atoms with Gasteiger partial charge in [0.2, 0.25) is 0 Å². The molecule has 1 N–H and O–H groups in total. The number of hydrogen-bond donors (Lipinski definition) is 1. The van der Waals surface area contributed by atoms with Crippen molar-refractivity contribution in [3.8, 4) is 11.4 Å². The van der Waals surface area contributed by atoms with Gasteiger partial charge < -0.3 is 0 Å². The second-order valence-corrected chi connectivity index (χ2v) is 7.08. The molecule has 1 fully saturated rings. The zero-order chi connectivity index (χ0) is 18.1. The smallest absolute Gasteiger partial charge is 0.181 e. The third kappa shape index (κ3) is 3.33. The standard InChI is InChI=1S/C20H21N7/c1-2-5-16(6-3-1)19-23-20(25-24-19)17-7-4-10-26(14-17)12-15-11-21-18-8-9-22-27(18)13-15/h1-3,5-6,8-9,11,13,17H,4,7,10,12,14H2,(H,23,24,25). The second kappa shape index (κ2) is 6.92. The molecule has 1 saturated heterocycles. The van der Waals surface area contributed by atoms with Crippen molar-refractivity contribution in [3.05, 3.63) is 66.4 Å². The molecular formula is C20H21N7. The molecule has 5 rings (SSSR count). The lowest BCUT2D eigenvalue weighted by atomic mass is 9.97. The molecule has 0 aliphatic carbocycles. The lowest BCUT2D eigenvalue weighted by molar-refractivity contribution is 0.196. The Labute approximate surface area is 157 Å². The normalized spacial score (nSPS) is 18.1. The van der Waals surface area contributed by atoms with Crippen LogP contribution < -0.4 is 0 Å². The Bertz CT molecular complexity index is 1040. The number of nitrogens with zero attached hydrogens (tertiary/aromatic N) is 6. The fourth-order valence-corrected chi connectivity index (χ4v) is 3.78. The van der Waals surface area contributed by atoms with Crippen LogP contribution in [0.2, 0.25) is 0 Å². The molecule has 27 heavy (non-hydrogen) atoms. The van der Waals surface area contributed by atoms with E-state index in [4.69, 9.17) is 4.98 Å². The summed E-state index contributed by atoms with van der Waals surface area (Å²) in [5, 5.41) is 11.9. The molecule has 4 aromatic rings. The van der Waals surface area contributed by atoms with E-state index >= 15 is 0 Å². The molecule has 1 aliphatic heterocycles. The summed E-state index contributed by atoms with van der Waals surface area (Å²) in [4.78, 5) is 11.7. The molecule has 1 aliphatic rings. The van der Waals surface area contributed by atoms with Crippen LogP contribution in [-0.4, -0.2) is 47.8 Å². The first-order valence-electron chi connectivity index (χ1n) is 9.33. The van der Waals surface area contributed by atoms with Crippen molar-refractivity contribution in [2.75, 3.05) is 13.1 Å². The van der Waals surface area contributed by atoms with E-state index in [2.05, 4.69) is 31.4 Å². The summed E-state index contributed by atoms with van der Waals surface area (Å²) < 4.78 is 1.83. The SMILES string of the molecule is c1ccc(-c2n[nH]c(C3CCCN(Cc4cnc5ccnn5c4)C3)n2)cc1. The molecule has 7 heteroatoms. The predicted octanol–water partition coefficient (Wildman–Crippen LogP) is 2.89. The topological polar surface area (TPSA) is 75.0 Å². The van der Waals surface area contributed by atoms with E-state index in [1.54, 1.807) is 6.20 Å². The molecule has 136 valence electrons. The van der Waals surface area contributed by atoms with Crippen LogP contribution >= 0.6 is 0 Å². The van der Waals surface area contributed by atoms with E-state index in [1.807, 2.05) is 47.1 Å². The average molecular weight is 359 g/mol. The highest BCUT2D eigenvalue weighted by atomic mass is 15.2. The van der Waals surface area contributed by atoms with Gasteiger partial charge in [-0.3, -0.25) is 10.00 Å². The van der Waals surface area contributed by atoms with E-state index in [0.29, 0.717) is 5.92 Å². The fraction of sp³-hybridized carbons (Fsp3) is 0.300. The minimum absolute atomic E-state index is 0.380. The van der Waals surface area contributed by atoms with Crippen molar-refractivity contribution in [1.82, 2.24) is 34.7 Å². The van der Waals surface area contributed by atoms with E-state index in [-0.39, 0.29) is 0 Å². The first-order chi connectivity index (χ1) is 13.3. The number of likely N-dealkylation sites (tertiary alicyclic amines) is 1. The summed E-state index contributed by atoms with van der Waals surface area (Å²) >= 11 is 0. The van der Waals surface area contributed by atoms with Crippen LogP contribution in [0.5, 0.6) is 0 Å². The van der Waals surface area contributed by atoms with Gasteiger partial charge in [0.25, 0.3) is 0 Å². The second-order valence-electron chi connectivity index (χ2n) is 7.08. The van der Waals surface area contributed by atoms with Crippen LogP contribution in [0.25, 0.3) is 17.0 Å². The van der Waals surface area contributed by atoms with Gasteiger partial charge in [-0.1, -0.05) is 30.3 Å². The molecule has 4 heterocycles. The van der Waals surface area contributed by atoms with Crippen LogP contribution in [0.15, 0.2) is 55.0 Å². The van der Waals surface area contributed by atoms with Gasteiger partial charge in [0, 0.05) is 48.6 Å². The maximum absolute atomic E-state index is 4.76. The van der Waals surface area contributed by atoms with Crippen LogP contribution in [0.1, 0.15) is 30.1 Å². The van der Waals surface area contributed by atoms with Crippen LogP contribution in [-0.2, 0) is 6.54 Å². The zero-order valence-electron chi connectivity index (χ0n) is 15.0. The Morgan fingerprint density at radius 1 is 1.15 bits per heavy atom. The summed E-state index contributed by atoms with van der Waals surface area (Å²) in [6.45, 7) is 2.94. The Balaban J connectivity index is 1.30. The molecule has 0 amide bonds. The number of benzene rings is 1. The van der Waals surface area contributed by atoms with Crippen molar-refractivity contribution in [2.45, 2.75) is 25.3 Å². The number of aromatic nitrogens is 6. The molecule has 0 spiro atoms. The van der Waals surface area contributed by atoms with Crippen LogP contribution in [0.4, 0.5) is 0 Å². The number of aromatic amines is 1. The number of piperidine rings is 1. The molecular weight excluding hydrogens is 338 g/mol. The minimum atomic E-state index is 0.380. The molecule has 7 nitrogen and oxygen atoms in total. The Morgan fingerprint density at radius 2 is 2.07 bits per heavy atom.